The molecule has 3 fully saturated rings. The van der Waals surface area contributed by atoms with Gasteiger partial charge in [-0.15, -0.1) is 0 Å². The number of carboxylic acid groups (broad SMARTS) is 1. The molecule has 3 aliphatic rings. The van der Waals surface area contributed by atoms with E-state index in [2.05, 4.69) is 6.92 Å². The number of aliphatic carboxylic acids is 1. The quantitative estimate of drug-likeness (QED) is 0.0319. The fourth-order valence-corrected chi connectivity index (χ4v) is 9.05. The van der Waals surface area contributed by atoms with Crippen molar-refractivity contribution in [3.8, 4) is 0 Å². The first-order valence-corrected chi connectivity index (χ1v) is 26.3. The molecule has 0 aromatic carbocycles. The molecule has 0 radical (unpaired) electrons. The van der Waals surface area contributed by atoms with Gasteiger partial charge in [0.15, 0.2) is 31.1 Å². The van der Waals surface area contributed by atoms with Crippen molar-refractivity contribution in [1.29, 1.82) is 0 Å². The van der Waals surface area contributed by atoms with E-state index in [0.717, 1.165) is 103 Å². The third-order valence-electron chi connectivity index (χ3n) is 13.2. The molecule has 70 heavy (non-hydrogen) atoms. The molecule has 0 aromatic rings. The van der Waals surface area contributed by atoms with Gasteiger partial charge in [-0.1, -0.05) is 117 Å². The highest BCUT2D eigenvalue weighted by Gasteiger charge is 2.52. The first-order chi connectivity index (χ1) is 33.4. The maximum Gasteiger partial charge on any atom is 0.332 e. The van der Waals surface area contributed by atoms with E-state index in [-0.39, 0.29) is 44.7 Å². The molecule has 0 spiro atoms. The molecule has 3 heterocycles. The zero-order valence-electron chi connectivity index (χ0n) is 42.2. The predicted octanol–water partition coefficient (Wildman–Crippen LogP) is 3.67. The van der Waals surface area contributed by atoms with Crippen LogP contribution in [0.2, 0.25) is 0 Å². The second-order valence-electron chi connectivity index (χ2n) is 19.9. The van der Waals surface area contributed by atoms with Crippen LogP contribution in [0.15, 0.2) is 0 Å². The number of hydrogen-bond donors (Lipinski definition) is 9. The fourth-order valence-electron chi connectivity index (χ4n) is 9.05. The standard InChI is InChI=1S/C50H90O20/c1-5-6-7-18-23-34(24-20-22-33(52)21-17-15-13-11-9-8-10-12-14-16-19-25-35(53)47(61)62)67-49-45(40(56)36(54)29-64-49)70-50-46(42(58)38(30-65-50)66-32(4)51)69-48-44(60)43(59)41(57)37(68-48)26-27-63-39(55)28-31(2)3/h31,33-38,40-46,48-50,52-54,56-60H,5-30H2,1-4H3,(H,61,62)/t33?,34?,35?,36-,37-,38-,40+,41-,42+,43+,44-,45-,46-,48+,49+,50+/m0/s1. The van der Waals surface area contributed by atoms with Crippen molar-refractivity contribution in [3.63, 3.8) is 0 Å². The van der Waals surface area contributed by atoms with Gasteiger partial charge in [-0.05, 0) is 44.4 Å². The van der Waals surface area contributed by atoms with Crippen molar-refractivity contribution < 1.29 is 98.2 Å². The number of unbranched alkanes of at least 4 members (excludes halogenated alkanes) is 13. The van der Waals surface area contributed by atoms with Crippen molar-refractivity contribution in [2.75, 3.05) is 19.8 Å². The Kier molecular flexibility index (Phi) is 30.5. The molecule has 16 atom stereocenters. The minimum absolute atomic E-state index is 0.0501. The van der Waals surface area contributed by atoms with Gasteiger partial charge < -0.3 is 83.9 Å². The van der Waals surface area contributed by atoms with Gasteiger partial charge in [0.2, 0.25) is 0 Å². The highest BCUT2D eigenvalue weighted by molar-refractivity contribution is 5.71. The second-order valence-corrected chi connectivity index (χ2v) is 19.9. The molecule has 3 rings (SSSR count). The summed E-state index contributed by atoms with van der Waals surface area (Å²) in [7, 11) is 0. The summed E-state index contributed by atoms with van der Waals surface area (Å²) in [6.07, 6.45) is -3.31. The molecular weight excluding hydrogens is 921 g/mol. The van der Waals surface area contributed by atoms with Crippen molar-refractivity contribution in [2.45, 2.75) is 274 Å². The van der Waals surface area contributed by atoms with E-state index >= 15 is 0 Å². The fraction of sp³-hybridized carbons (Fsp3) is 0.940. The summed E-state index contributed by atoms with van der Waals surface area (Å²) < 4.78 is 47.1. The van der Waals surface area contributed by atoms with Gasteiger partial charge >= 0.3 is 17.9 Å². The Morgan fingerprint density at radius 3 is 1.77 bits per heavy atom. The van der Waals surface area contributed by atoms with Gasteiger partial charge in [-0.3, -0.25) is 9.59 Å². The molecule has 3 aliphatic heterocycles. The number of esters is 2. The van der Waals surface area contributed by atoms with Crippen molar-refractivity contribution in [1.82, 2.24) is 0 Å². The Balaban J connectivity index is 1.58. The summed E-state index contributed by atoms with van der Waals surface area (Å²) in [4.78, 5) is 34.8. The third-order valence-corrected chi connectivity index (χ3v) is 13.2. The van der Waals surface area contributed by atoms with Crippen LogP contribution < -0.4 is 0 Å². The molecule has 9 N–H and O–H groups in total. The maximum atomic E-state index is 12.1. The van der Waals surface area contributed by atoms with Crippen LogP contribution in [0.3, 0.4) is 0 Å². The normalized spacial score (nSPS) is 30.7. The molecule has 0 aliphatic carbocycles. The number of aliphatic hydroxyl groups is 8. The largest absolute Gasteiger partial charge is 0.479 e. The number of carbonyl (C=O) groups excluding carboxylic acids is 2. The lowest BCUT2D eigenvalue weighted by molar-refractivity contribution is -0.380. The van der Waals surface area contributed by atoms with Crippen LogP contribution >= 0.6 is 0 Å². The van der Waals surface area contributed by atoms with Gasteiger partial charge in [0, 0.05) is 19.8 Å². The lowest BCUT2D eigenvalue weighted by atomic mass is 9.96. The summed E-state index contributed by atoms with van der Waals surface area (Å²) >= 11 is 0. The third kappa shape index (κ3) is 22.9. The second kappa shape index (κ2) is 34.4. The van der Waals surface area contributed by atoms with Gasteiger partial charge in [-0.2, -0.15) is 0 Å². The Morgan fingerprint density at radius 2 is 1.16 bits per heavy atom. The first-order valence-electron chi connectivity index (χ1n) is 26.3. The SMILES string of the molecule is CCCCCCC(CCCC(O)CCCCCCCCCCCCCC(O)C(=O)O)O[C@H]1OC[C@H](O)[C@@H](O)[C@@H]1O[C@H]1OC[C@H](OC(C)=O)[C@@H](O)[C@@H]1O[C@H]1O[C@@H](CCOC(=O)CC(C)C)[C@H](O)[C@@H](O)[C@@H]1O. The molecule has 20 heteroatoms. The van der Waals surface area contributed by atoms with Crippen LogP contribution in [0.1, 0.15) is 175 Å². The van der Waals surface area contributed by atoms with Crippen molar-refractivity contribution in [2.24, 2.45) is 5.92 Å². The van der Waals surface area contributed by atoms with Gasteiger partial charge in [0.25, 0.3) is 0 Å². The first kappa shape index (κ1) is 62.1. The zero-order valence-corrected chi connectivity index (χ0v) is 42.2. The van der Waals surface area contributed by atoms with Crippen LogP contribution in [-0.2, 0) is 52.3 Å². The zero-order chi connectivity index (χ0) is 51.6. The molecule has 20 nitrogen and oxygen atoms in total. The monoisotopic (exact) mass is 1010 g/mol. The minimum atomic E-state index is -1.86. The molecule has 410 valence electrons. The predicted molar refractivity (Wildman–Crippen MR) is 252 cm³/mol. The van der Waals surface area contributed by atoms with E-state index < -0.39 is 110 Å². The summed E-state index contributed by atoms with van der Waals surface area (Å²) in [5.41, 5.74) is 0. The molecule has 3 saturated heterocycles. The van der Waals surface area contributed by atoms with Crippen LogP contribution in [-0.4, -0.2) is 182 Å². The van der Waals surface area contributed by atoms with E-state index in [1.54, 1.807) is 0 Å². The number of hydrogen-bond acceptors (Lipinski definition) is 19. The minimum Gasteiger partial charge on any atom is -0.479 e. The van der Waals surface area contributed by atoms with E-state index in [0.29, 0.717) is 38.5 Å². The van der Waals surface area contributed by atoms with E-state index in [4.69, 9.17) is 43.0 Å². The molecule has 3 unspecified atom stereocenters. The van der Waals surface area contributed by atoms with Gasteiger partial charge in [0.1, 0.15) is 48.8 Å². The van der Waals surface area contributed by atoms with E-state index in [1.165, 1.54) is 0 Å². The summed E-state index contributed by atoms with van der Waals surface area (Å²) in [6, 6.07) is 0. The summed E-state index contributed by atoms with van der Waals surface area (Å²) in [5.74, 6) is -2.32. The van der Waals surface area contributed by atoms with Crippen LogP contribution in [0, 0.1) is 5.92 Å². The Hall–Kier alpha value is -2.15. The lowest BCUT2D eigenvalue weighted by Gasteiger charge is -2.47. The molecule has 0 bridgehead atoms. The van der Waals surface area contributed by atoms with E-state index in [9.17, 15) is 55.2 Å². The number of aliphatic hydroxyl groups excluding tert-OH is 8. The summed E-state index contributed by atoms with van der Waals surface area (Å²) in [5, 5.41) is 95.2. The Labute approximate surface area is 414 Å². The maximum absolute atomic E-state index is 12.1. The smallest absolute Gasteiger partial charge is 0.332 e. The van der Waals surface area contributed by atoms with E-state index in [1.807, 2.05) is 13.8 Å². The molecule has 0 saturated carbocycles. The van der Waals surface area contributed by atoms with Crippen molar-refractivity contribution in [3.05, 3.63) is 0 Å². The van der Waals surface area contributed by atoms with Gasteiger partial charge in [0.05, 0.1) is 38.1 Å². The number of carbonyl (C=O) groups is 3. The average Bonchev–Trinajstić information content (AvgIpc) is 3.30. The summed E-state index contributed by atoms with van der Waals surface area (Å²) in [6.45, 7) is 6.11. The molecule has 0 amide bonds. The highest BCUT2D eigenvalue weighted by atomic mass is 16.8. The molecular formula is C50H90O20. The van der Waals surface area contributed by atoms with Crippen molar-refractivity contribution >= 4 is 17.9 Å². The van der Waals surface area contributed by atoms with Crippen LogP contribution in [0.5, 0.6) is 0 Å². The van der Waals surface area contributed by atoms with Crippen LogP contribution in [0.25, 0.3) is 0 Å². The van der Waals surface area contributed by atoms with Crippen LogP contribution in [0.4, 0.5) is 0 Å². The average molecular weight is 1010 g/mol. The highest BCUT2D eigenvalue weighted by Crippen LogP contribution is 2.33. The number of carboxylic acids is 1. The van der Waals surface area contributed by atoms with Gasteiger partial charge in [-0.25, -0.2) is 4.79 Å². The Bertz CT molecular complexity index is 1420. The lowest BCUT2D eigenvalue weighted by Crippen LogP contribution is -2.64. The molecule has 0 aromatic heterocycles. The number of rotatable bonds is 36. The topological polar surface area (TPSA) is 307 Å². The number of ether oxygens (including phenoxy) is 8. The Morgan fingerprint density at radius 1 is 0.614 bits per heavy atom.